The van der Waals surface area contributed by atoms with Gasteiger partial charge in [0.2, 0.25) is 5.91 Å². The molecular formula is C10H19NO5S. The molecule has 6 nitrogen and oxygen atoms in total. The lowest BCUT2D eigenvalue weighted by Gasteiger charge is -2.19. The lowest BCUT2D eigenvalue weighted by molar-refractivity contribution is -0.143. The van der Waals surface area contributed by atoms with Crippen LogP contribution in [0.25, 0.3) is 0 Å². The molecule has 0 saturated heterocycles. The first-order chi connectivity index (χ1) is 7.73. The molecule has 0 aliphatic carbocycles. The van der Waals surface area contributed by atoms with Gasteiger partial charge in [0.1, 0.15) is 11.8 Å². The topological polar surface area (TPSA) is 101 Å². The lowest BCUT2D eigenvalue weighted by atomic mass is 9.99. The summed E-state index contributed by atoms with van der Waals surface area (Å²) in [6.45, 7) is 4.93. The van der Waals surface area contributed by atoms with E-state index in [-0.39, 0.29) is 11.7 Å². The number of nitrogens with one attached hydrogen (secondary N) is 1. The van der Waals surface area contributed by atoms with Gasteiger partial charge in [-0.2, -0.15) is 0 Å². The van der Waals surface area contributed by atoms with E-state index in [1.54, 1.807) is 13.8 Å². The predicted molar refractivity (Wildman–Crippen MR) is 63.3 cm³/mol. The SMILES string of the molecule is CCC(C)C(NC(=O)CS(=O)(=O)CC)C(=O)O. The van der Waals surface area contributed by atoms with Crippen LogP contribution in [0, 0.1) is 5.92 Å². The van der Waals surface area contributed by atoms with Crippen molar-refractivity contribution in [3.63, 3.8) is 0 Å². The summed E-state index contributed by atoms with van der Waals surface area (Å²) in [5, 5.41) is 11.2. The average molecular weight is 265 g/mol. The van der Waals surface area contributed by atoms with Crippen LogP contribution in [-0.4, -0.2) is 42.9 Å². The summed E-state index contributed by atoms with van der Waals surface area (Å²) in [5.41, 5.74) is 0. The second-order valence-electron chi connectivity index (χ2n) is 3.95. The van der Waals surface area contributed by atoms with Crippen LogP contribution in [-0.2, 0) is 19.4 Å². The van der Waals surface area contributed by atoms with E-state index in [0.29, 0.717) is 6.42 Å². The van der Waals surface area contributed by atoms with E-state index in [2.05, 4.69) is 5.32 Å². The molecule has 0 spiro atoms. The molecule has 0 fully saturated rings. The van der Waals surface area contributed by atoms with Crippen molar-refractivity contribution in [1.29, 1.82) is 0 Å². The molecule has 2 unspecified atom stereocenters. The Hall–Kier alpha value is -1.11. The standard InChI is InChI=1S/C10H19NO5S/c1-4-7(3)9(10(13)14)11-8(12)6-17(15,16)5-2/h7,9H,4-6H2,1-3H3,(H,11,12)(H,13,14). The van der Waals surface area contributed by atoms with Crippen LogP contribution in [0.2, 0.25) is 0 Å². The Morgan fingerprint density at radius 1 is 1.29 bits per heavy atom. The fraction of sp³-hybridized carbons (Fsp3) is 0.800. The molecule has 0 aromatic carbocycles. The van der Waals surface area contributed by atoms with Gasteiger partial charge in [-0.1, -0.05) is 27.2 Å². The highest BCUT2D eigenvalue weighted by atomic mass is 32.2. The van der Waals surface area contributed by atoms with Crippen molar-refractivity contribution in [3.8, 4) is 0 Å². The van der Waals surface area contributed by atoms with Gasteiger partial charge in [-0.25, -0.2) is 13.2 Å². The number of hydrogen-bond acceptors (Lipinski definition) is 4. The van der Waals surface area contributed by atoms with E-state index >= 15 is 0 Å². The Balaban J connectivity index is 4.58. The molecule has 17 heavy (non-hydrogen) atoms. The van der Waals surface area contributed by atoms with Gasteiger partial charge in [0.05, 0.1) is 0 Å². The number of carboxylic acid groups (broad SMARTS) is 1. The van der Waals surface area contributed by atoms with Crippen molar-refractivity contribution in [2.24, 2.45) is 5.92 Å². The van der Waals surface area contributed by atoms with E-state index in [1.807, 2.05) is 0 Å². The number of carboxylic acids is 1. The van der Waals surface area contributed by atoms with Crippen molar-refractivity contribution in [2.75, 3.05) is 11.5 Å². The molecule has 0 radical (unpaired) electrons. The van der Waals surface area contributed by atoms with E-state index in [1.165, 1.54) is 6.92 Å². The molecule has 2 N–H and O–H groups in total. The molecule has 0 aliphatic heterocycles. The fourth-order valence-corrected chi connectivity index (χ4v) is 1.89. The Labute approximate surface area is 101 Å². The van der Waals surface area contributed by atoms with E-state index < -0.39 is 33.5 Å². The van der Waals surface area contributed by atoms with Crippen LogP contribution in [0.4, 0.5) is 0 Å². The summed E-state index contributed by atoms with van der Waals surface area (Å²) in [6, 6.07) is -1.04. The molecule has 2 atom stereocenters. The molecule has 100 valence electrons. The zero-order valence-electron chi connectivity index (χ0n) is 10.3. The molecular weight excluding hydrogens is 246 g/mol. The van der Waals surface area contributed by atoms with Gasteiger partial charge < -0.3 is 10.4 Å². The number of hydrogen-bond donors (Lipinski definition) is 2. The minimum Gasteiger partial charge on any atom is -0.480 e. The van der Waals surface area contributed by atoms with Gasteiger partial charge in [0.15, 0.2) is 9.84 Å². The fourth-order valence-electron chi connectivity index (χ4n) is 1.20. The molecule has 0 aliphatic rings. The first-order valence-electron chi connectivity index (χ1n) is 5.46. The molecule has 7 heteroatoms. The smallest absolute Gasteiger partial charge is 0.326 e. The quantitative estimate of drug-likeness (QED) is 0.676. The van der Waals surface area contributed by atoms with Gasteiger partial charge >= 0.3 is 5.97 Å². The number of aliphatic carboxylic acids is 1. The van der Waals surface area contributed by atoms with Crippen LogP contribution in [0.3, 0.4) is 0 Å². The van der Waals surface area contributed by atoms with Crippen LogP contribution in [0.5, 0.6) is 0 Å². The second-order valence-corrected chi connectivity index (χ2v) is 6.30. The van der Waals surface area contributed by atoms with E-state index in [9.17, 15) is 18.0 Å². The first-order valence-corrected chi connectivity index (χ1v) is 7.28. The Bertz CT molecular complexity index is 376. The molecule has 0 aromatic rings. The Kier molecular flexibility index (Phi) is 6.15. The number of sulfone groups is 1. The molecule has 0 saturated carbocycles. The highest BCUT2D eigenvalue weighted by Crippen LogP contribution is 2.08. The number of amides is 1. The van der Waals surface area contributed by atoms with Gasteiger partial charge in [0.25, 0.3) is 0 Å². The molecule has 0 heterocycles. The normalized spacial score (nSPS) is 15.0. The highest BCUT2D eigenvalue weighted by molar-refractivity contribution is 7.92. The third-order valence-corrected chi connectivity index (χ3v) is 4.17. The van der Waals surface area contributed by atoms with Crippen LogP contribution >= 0.6 is 0 Å². The highest BCUT2D eigenvalue weighted by Gasteiger charge is 2.26. The summed E-state index contributed by atoms with van der Waals surface area (Å²) in [7, 11) is -3.43. The number of carbonyl (C=O) groups excluding carboxylic acids is 1. The zero-order chi connectivity index (χ0) is 13.6. The van der Waals surface area contributed by atoms with Crippen molar-refractivity contribution < 1.29 is 23.1 Å². The molecule has 0 rings (SSSR count). The van der Waals surface area contributed by atoms with Crippen molar-refractivity contribution in [3.05, 3.63) is 0 Å². The van der Waals surface area contributed by atoms with Gasteiger partial charge in [-0.15, -0.1) is 0 Å². The van der Waals surface area contributed by atoms with Gasteiger partial charge in [0, 0.05) is 5.75 Å². The Morgan fingerprint density at radius 3 is 2.18 bits per heavy atom. The zero-order valence-corrected chi connectivity index (χ0v) is 11.1. The van der Waals surface area contributed by atoms with Gasteiger partial charge in [-0.3, -0.25) is 4.79 Å². The summed E-state index contributed by atoms with van der Waals surface area (Å²) in [5.74, 6) is -2.97. The number of carbonyl (C=O) groups is 2. The lowest BCUT2D eigenvalue weighted by Crippen LogP contribution is -2.47. The minimum absolute atomic E-state index is 0.137. The maximum Gasteiger partial charge on any atom is 0.326 e. The summed E-state index contributed by atoms with van der Waals surface area (Å²) in [4.78, 5) is 22.3. The van der Waals surface area contributed by atoms with E-state index in [0.717, 1.165) is 0 Å². The van der Waals surface area contributed by atoms with Crippen LogP contribution in [0.1, 0.15) is 27.2 Å². The van der Waals surface area contributed by atoms with Crippen molar-refractivity contribution in [2.45, 2.75) is 33.2 Å². The summed E-state index contributed by atoms with van der Waals surface area (Å²) < 4.78 is 22.4. The minimum atomic E-state index is -3.43. The Morgan fingerprint density at radius 2 is 1.82 bits per heavy atom. The van der Waals surface area contributed by atoms with Crippen LogP contribution < -0.4 is 5.32 Å². The maximum absolute atomic E-state index is 11.4. The van der Waals surface area contributed by atoms with Crippen molar-refractivity contribution in [1.82, 2.24) is 5.32 Å². The largest absolute Gasteiger partial charge is 0.480 e. The predicted octanol–water partition coefficient (Wildman–Crippen LogP) is 0.0366. The van der Waals surface area contributed by atoms with Crippen molar-refractivity contribution >= 4 is 21.7 Å². The van der Waals surface area contributed by atoms with E-state index in [4.69, 9.17) is 5.11 Å². The average Bonchev–Trinajstić information content (AvgIpc) is 2.24. The summed E-state index contributed by atoms with van der Waals surface area (Å²) >= 11 is 0. The maximum atomic E-state index is 11.4. The number of rotatable bonds is 7. The molecule has 0 aromatic heterocycles. The third-order valence-electron chi connectivity index (χ3n) is 2.59. The van der Waals surface area contributed by atoms with Gasteiger partial charge in [-0.05, 0) is 5.92 Å². The molecule has 1 amide bonds. The first kappa shape index (κ1) is 15.9. The van der Waals surface area contributed by atoms with Crippen LogP contribution in [0.15, 0.2) is 0 Å². The third kappa shape index (κ3) is 5.67. The second kappa shape index (κ2) is 6.58. The summed E-state index contributed by atoms with van der Waals surface area (Å²) in [6.07, 6.45) is 0.581. The molecule has 0 bridgehead atoms. The monoisotopic (exact) mass is 265 g/mol.